The van der Waals surface area contributed by atoms with Gasteiger partial charge in [0.15, 0.2) is 0 Å². The molecule has 0 radical (unpaired) electrons. The number of rotatable bonds is 6. The Balaban J connectivity index is 2.54. The highest BCUT2D eigenvalue weighted by atomic mass is 15.3. The lowest BCUT2D eigenvalue weighted by Crippen LogP contribution is -2.33. The fourth-order valence-corrected chi connectivity index (χ4v) is 1.78. The summed E-state index contributed by atoms with van der Waals surface area (Å²) in [7, 11) is 0. The second-order valence-electron chi connectivity index (χ2n) is 4.69. The molecule has 0 amide bonds. The Hall–Kier alpha value is -0.830. The van der Waals surface area contributed by atoms with Crippen LogP contribution < -0.4 is 5.32 Å². The third-order valence-electron chi connectivity index (χ3n) is 3.49. The van der Waals surface area contributed by atoms with Crippen molar-refractivity contribution in [3.05, 3.63) is 18.0 Å². The van der Waals surface area contributed by atoms with E-state index in [1.807, 2.05) is 10.9 Å². The normalized spacial score (nSPS) is 17.1. The maximum atomic E-state index is 4.30. The predicted molar refractivity (Wildman–Crippen MR) is 68.4 cm³/mol. The van der Waals surface area contributed by atoms with Crippen LogP contribution in [0.2, 0.25) is 0 Å². The van der Waals surface area contributed by atoms with Crippen LogP contribution in [0.25, 0.3) is 0 Å². The molecular weight excluding hydrogens is 198 g/mol. The van der Waals surface area contributed by atoms with Gasteiger partial charge in [0.05, 0.1) is 6.20 Å². The molecule has 3 atom stereocenters. The monoisotopic (exact) mass is 223 g/mol. The van der Waals surface area contributed by atoms with Crippen molar-refractivity contribution in [1.82, 2.24) is 15.1 Å². The molecule has 0 aromatic carbocycles. The van der Waals surface area contributed by atoms with Crippen LogP contribution in [0.5, 0.6) is 0 Å². The lowest BCUT2D eigenvalue weighted by molar-refractivity contribution is 0.360. The van der Waals surface area contributed by atoms with Gasteiger partial charge < -0.3 is 5.32 Å². The van der Waals surface area contributed by atoms with Crippen LogP contribution in [-0.2, 0) is 6.54 Å². The number of aromatic nitrogens is 2. The standard InChI is InChI=1S/C13H25N3/c1-6-10(3)11(4)15-12(5)13-8-14-16(7-2)9-13/h8-12,15H,6-7H2,1-5H3. The number of aryl methyl sites for hydroxylation is 1. The van der Waals surface area contributed by atoms with Crippen molar-refractivity contribution in [2.75, 3.05) is 0 Å². The van der Waals surface area contributed by atoms with Gasteiger partial charge >= 0.3 is 0 Å². The lowest BCUT2D eigenvalue weighted by atomic mass is 9.99. The molecule has 0 bridgehead atoms. The second kappa shape index (κ2) is 6.04. The quantitative estimate of drug-likeness (QED) is 0.803. The Bertz CT molecular complexity index is 306. The van der Waals surface area contributed by atoms with Crippen LogP contribution in [0.1, 0.15) is 52.6 Å². The zero-order valence-electron chi connectivity index (χ0n) is 11.2. The molecule has 0 spiro atoms. The van der Waals surface area contributed by atoms with Crippen LogP contribution in [0.3, 0.4) is 0 Å². The van der Waals surface area contributed by atoms with Gasteiger partial charge in [-0.3, -0.25) is 4.68 Å². The molecule has 0 aliphatic rings. The molecule has 1 heterocycles. The van der Waals surface area contributed by atoms with Crippen molar-refractivity contribution >= 4 is 0 Å². The number of nitrogens with one attached hydrogen (secondary N) is 1. The highest BCUT2D eigenvalue weighted by Crippen LogP contribution is 2.15. The lowest BCUT2D eigenvalue weighted by Gasteiger charge is -2.23. The third kappa shape index (κ3) is 3.34. The highest BCUT2D eigenvalue weighted by Gasteiger charge is 2.14. The Labute approximate surface area is 99.2 Å². The smallest absolute Gasteiger partial charge is 0.0537 e. The molecule has 3 nitrogen and oxygen atoms in total. The van der Waals surface area contributed by atoms with Gasteiger partial charge in [-0.15, -0.1) is 0 Å². The summed E-state index contributed by atoms with van der Waals surface area (Å²) in [6.07, 6.45) is 5.31. The largest absolute Gasteiger partial charge is 0.307 e. The summed E-state index contributed by atoms with van der Waals surface area (Å²) in [4.78, 5) is 0. The summed E-state index contributed by atoms with van der Waals surface area (Å²) < 4.78 is 1.97. The highest BCUT2D eigenvalue weighted by molar-refractivity contribution is 5.09. The van der Waals surface area contributed by atoms with Crippen molar-refractivity contribution in [2.45, 2.75) is 59.7 Å². The molecule has 0 fully saturated rings. The van der Waals surface area contributed by atoms with Gasteiger partial charge in [-0.1, -0.05) is 20.3 Å². The SMILES string of the molecule is CCC(C)C(C)NC(C)c1cnn(CC)c1. The van der Waals surface area contributed by atoms with Crippen LogP contribution in [0.4, 0.5) is 0 Å². The molecule has 92 valence electrons. The first-order valence-electron chi connectivity index (χ1n) is 6.36. The van der Waals surface area contributed by atoms with Crippen molar-refractivity contribution in [3.8, 4) is 0 Å². The minimum atomic E-state index is 0.379. The molecule has 1 aromatic rings. The van der Waals surface area contributed by atoms with Gasteiger partial charge in [-0.05, 0) is 26.7 Å². The summed E-state index contributed by atoms with van der Waals surface area (Å²) in [5.41, 5.74) is 1.28. The molecule has 3 heteroatoms. The van der Waals surface area contributed by atoms with Gasteiger partial charge in [0.2, 0.25) is 0 Å². The van der Waals surface area contributed by atoms with Crippen LogP contribution in [0, 0.1) is 5.92 Å². The average molecular weight is 223 g/mol. The third-order valence-corrected chi connectivity index (χ3v) is 3.49. The molecule has 0 aliphatic carbocycles. The van der Waals surface area contributed by atoms with E-state index in [9.17, 15) is 0 Å². The van der Waals surface area contributed by atoms with E-state index < -0.39 is 0 Å². The van der Waals surface area contributed by atoms with Crippen molar-refractivity contribution in [1.29, 1.82) is 0 Å². The minimum Gasteiger partial charge on any atom is -0.307 e. The van der Waals surface area contributed by atoms with Gasteiger partial charge in [-0.2, -0.15) is 5.10 Å². The van der Waals surface area contributed by atoms with Gasteiger partial charge in [0, 0.05) is 30.4 Å². The van der Waals surface area contributed by atoms with E-state index in [-0.39, 0.29) is 0 Å². The van der Waals surface area contributed by atoms with Crippen LogP contribution >= 0.6 is 0 Å². The molecule has 3 unspecified atom stereocenters. The van der Waals surface area contributed by atoms with Crippen LogP contribution in [-0.4, -0.2) is 15.8 Å². The van der Waals surface area contributed by atoms with Crippen LogP contribution in [0.15, 0.2) is 12.4 Å². The Morgan fingerprint density at radius 3 is 2.50 bits per heavy atom. The minimum absolute atomic E-state index is 0.379. The summed E-state index contributed by atoms with van der Waals surface area (Å²) in [6.45, 7) is 12.0. The number of hydrogen-bond donors (Lipinski definition) is 1. The van der Waals surface area contributed by atoms with E-state index in [0.717, 1.165) is 6.54 Å². The number of hydrogen-bond acceptors (Lipinski definition) is 2. The summed E-state index contributed by atoms with van der Waals surface area (Å²) in [6, 6.07) is 0.925. The van der Waals surface area contributed by atoms with E-state index in [4.69, 9.17) is 0 Å². The molecule has 0 saturated heterocycles. The van der Waals surface area contributed by atoms with Crippen molar-refractivity contribution in [3.63, 3.8) is 0 Å². The van der Waals surface area contributed by atoms with E-state index in [1.54, 1.807) is 0 Å². The van der Waals surface area contributed by atoms with E-state index >= 15 is 0 Å². The van der Waals surface area contributed by atoms with Gasteiger partial charge in [-0.25, -0.2) is 0 Å². The molecule has 16 heavy (non-hydrogen) atoms. The fourth-order valence-electron chi connectivity index (χ4n) is 1.78. The summed E-state index contributed by atoms with van der Waals surface area (Å²) >= 11 is 0. The summed E-state index contributed by atoms with van der Waals surface area (Å²) in [5, 5.41) is 7.94. The maximum Gasteiger partial charge on any atom is 0.0537 e. The molecule has 0 aliphatic heterocycles. The average Bonchev–Trinajstić information content (AvgIpc) is 2.76. The molecular formula is C13H25N3. The van der Waals surface area contributed by atoms with Gasteiger partial charge in [0.25, 0.3) is 0 Å². The second-order valence-corrected chi connectivity index (χ2v) is 4.69. The Morgan fingerprint density at radius 2 is 2.00 bits per heavy atom. The van der Waals surface area contributed by atoms with E-state index in [1.165, 1.54) is 12.0 Å². The van der Waals surface area contributed by atoms with Gasteiger partial charge in [0.1, 0.15) is 0 Å². The summed E-state index contributed by atoms with van der Waals surface area (Å²) in [5.74, 6) is 0.712. The molecule has 1 aromatic heterocycles. The van der Waals surface area contributed by atoms with Crippen molar-refractivity contribution in [2.24, 2.45) is 5.92 Å². The first kappa shape index (κ1) is 13.2. The maximum absolute atomic E-state index is 4.30. The zero-order valence-corrected chi connectivity index (χ0v) is 11.2. The molecule has 1 rings (SSSR count). The first-order chi connectivity index (χ1) is 7.58. The fraction of sp³-hybridized carbons (Fsp3) is 0.769. The van der Waals surface area contributed by atoms with E-state index in [0.29, 0.717) is 18.0 Å². The molecule has 0 saturated carbocycles. The topological polar surface area (TPSA) is 29.9 Å². The van der Waals surface area contributed by atoms with E-state index in [2.05, 4.69) is 51.2 Å². The first-order valence-corrected chi connectivity index (χ1v) is 6.36. The Morgan fingerprint density at radius 1 is 1.31 bits per heavy atom. The molecule has 1 N–H and O–H groups in total. The zero-order chi connectivity index (χ0) is 12.1. The van der Waals surface area contributed by atoms with Crippen molar-refractivity contribution < 1.29 is 0 Å². The number of nitrogens with zero attached hydrogens (tertiary/aromatic N) is 2. The predicted octanol–water partition coefficient (Wildman–Crippen LogP) is 2.99. The Kier molecular flexibility index (Phi) is 5.00.